The van der Waals surface area contributed by atoms with Crippen LogP contribution < -0.4 is 15.5 Å². The Balaban J connectivity index is 1.32. The molecule has 2 aromatic heterocycles. The molecule has 3 heterocycles. The first-order chi connectivity index (χ1) is 16.3. The Morgan fingerprint density at radius 1 is 1.12 bits per heavy atom. The van der Waals surface area contributed by atoms with Gasteiger partial charge in [-0.25, -0.2) is 15.0 Å². The van der Waals surface area contributed by atoms with Crippen molar-refractivity contribution in [2.24, 2.45) is 4.99 Å². The molecule has 1 aromatic carbocycles. The van der Waals surface area contributed by atoms with Crippen molar-refractivity contribution in [2.75, 3.05) is 23.3 Å². The predicted octanol–water partition coefficient (Wildman–Crippen LogP) is 4.51. The third kappa shape index (κ3) is 4.92. The van der Waals surface area contributed by atoms with E-state index in [9.17, 15) is 5.26 Å². The molecule has 0 amide bonds. The van der Waals surface area contributed by atoms with Gasteiger partial charge in [0.1, 0.15) is 17.8 Å². The van der Waals surface area contributed by atoms with E-state index in [1.54, 1.807) is 6.33 Å². The summed E-state index contributed by atoms with van der Waals surface area (Å²) in [6.07, 6.45) is 13.7. The first kappa shape index (κ1) is 21.3. The highest BCUT2D eigenvalue weighted by atomic mass is 15.2. The standard InChI is InChI=1S/C25H30N8/c26-16-28-25(31-20-8-2-1-3-9-20)32-21-10-4-6-18(14-21)19-7-5-13-33(15-19)24-22-11-12-27-23(22)29-17-30-24/h4,6,10-12,14,17,19-20H,1-3,5,7-9,13,15H2,(H,27,29,30)(H2,28,31,32). The van der Waals surface area contributed by atoms with E-state index >= 15 is 0 Å². The fourth-order valence-electron chi connectivity index (χ4n) is 5.10. The molecule has 3 N–H and O–H groups in total. The molecule has 170 valence electrons. The average Bonchev–Trinajstić information content (AvgIpc) is 3.34. The second-order valence-electron chi connectivity index (χ2n) is 8.98. The highest BCUT2D eigenvalue weighted by molar-refractivity contribution is 5.94. The lowest BCUT2D eigenvalue weighted by atomic mass is 9.90. The van der Waals surface area contributed by atoms with Gasteiger partial charge in [0.2, 0.25) is 5.96 Å². The van der Waals surface area contributed by atoms with Gasteiger partial charge in [-0.05, 0) is 49.4 Å². The summed E-state index contributed by atoms with van der Waals surface area (Å²) in [5.41, 5.74) is 3.12. The van der Waals surface area contributed by atoms with Gasteiger partial charge in [0.25, 0.3) is 0 Å². The first-order valence-corrected chi connectivity index (χ1v) is 11.9. The second-order valence-corrected chi connectivity index (χ2v) is 8.98. The van der Waals surface area contributed by atoms with E-state index in [0.29, 0.717) is 11.9 Å². The van der Waals surface area contributed by atoms with Gasteiger partial charge < -0.3 is 15.2 Å². The van der Waals surface area contributed by atoms with Crippen molar-refractivity contribution in [3.63, 3.8) is 0 Å². The fraction of sp³-hybridized carbons (Fsp3) is 0.440. The Hall–Kier alpha value is -3.60. The van der Waals surface area contributed by atoms with Gasteiger partial charge in [-0.15, -0.1) is 0 Å². The van der Waals surface area contributed by atoms with Gasteiger partial charge in [0.05, 0.1) is 11.4 Å². The number of aliphatic imine (C=N–C) groups is 1. The number of aromatic nitrogens is 3. The van der Waals surface area contributed by atoms with Crippen LogP contribution in [0.15, 0.2) is 47.8 Å². The Labute approximate surface area is 194 Å². The van der Waals surface area contributed by atoms with Crippen LogP contribution in [-0.2, 0) is 0 Å². The molecule has 1 saturated carbocycles. The predicted molar refractivity (Wildman–Crippen MR) is 131 cm³/mol. The molecule has 1 aliphatic heterocycles. The third-order valence-corrected chi connectivity index (χ3v) is 6.74. The topological polar surface area (TPSA) is 105 Å². The van der Waals surface area contributed by atoms with Crippen LogP contribution in [0.5, 0.6) is 0 Å². The number of guanidine groups is 1. The lowest BCUT2D eigenvalue weighted by molar-refractivity contribution is 0.443. The highest BCUT2D eigenvalue weighted by Gasteiger charge is 2.24. The number of piperidine rings is 1. The summed E-state index contributed by atoms with van der Waals surface area (Å²) in [5, 5.41) is 16.4. The number of fused-ring (bicyclic) bond motifs is 1. The lowest BCUT2D eigenvalue weighted by Gasteiger charge is -2.34. The zero-order valence-electron chi connectivity index (χ0n) is 18.8. The quantitative estimate of drug-likeness (QED) is 0.238. The fourth-order valence-corrected chi connectivity index (χ4v) is 5.10. The van der Waals surface area contributed by atoms with Crippen molar-refractivity contribution in [3.8, 4) is 6.19 Å². The molecule has 3 aromatic rings. The van der Waals surface area contributed by atoms with Crippen LogP contribution in [0.1, 0.15) is 56.4 Å². The molecule has 8 nitrogen and oxygen atoms in total. The van der Waals surface area contributed by atoms with Crippen LogP contribution in [0.4, 0.5) is 11.5 Å². The summed E-state index contributed by atoms with van der Waals surface area (Å²) >= 11 is 0. The Morgan fingerprint density at radius 2 is 2.03 bits per heavy atom. The summed E-state index contributed by atoms with van der Waals surface area (Å²) in [6.45, 7) is 1.91. The van der Waals surface area contributed by atoms with E-state index in [4.69, 9.17) is 4.99 Å². The lowest BCUT2D eigenvalue weighted by Crippen LogP contribution is -2.35. The minimum absolute atomic E-state index is 0.287. The maximum Gasteiger partial charge on any atom is 0.209 e. The Morgan fingerprint density at radius 3 is 2.91 bits per heavy atom. The van der Waals surface area contributed by atoms with E-state index in [-0.39, 0.29) is 6.04 Å². The molecule has 0 bridgehead atoms. The molecule has 2 fully saturated rings. The number of anilines is 2. The largest absolute Gasteiger partial charge is 0.355 e. The summed E-state index contributed by atoms with van der Waals surface area (Å²) in [4.78, 5) is 19.3. The summed E-state index contributed by atoms with van der Waals surface area (Å²) in [5.74, 6) is 1.95. The SMILES string of the molecule is N#CNC(=NC1CCCCC1)Nc1cccc(C2CCCN(c3ncnc4[nH]ccc34)C2)c1. The molecule has 1 unspecified atom stereocenters. The maximum atomic E-state index is 9.20. The molecular weight excluding hydrogens is 412 g/mol. The van der Waals surface area contributed by atoms with Crippen LogP contribution in [0, 0.1) is 11.5 Å². The number of benzene rings is 1. The summed E-state index contributed by atoms with van der Waals surface area (Å²) < 4.78 is 0. The van der Waals surface area contributed by atoms with Crippen LogP contribution >= 0.6 is 0 Å². The van der Waals surface area contributed by atoms with Gasteiger partial charge in [-0.2, -0.15) is 5.26 Å². The van der Waals surface area contributed by atoms with Crippen molar-refractivity contribution < 1.29 is 0 Å². The molecule has 1 aliphatic carbocycles. The van der Waals surface area contributed by atoms with E-state index in [1.807, 2.05) is 24.5 Å². The zero-order valence-corrected chi connectivity index (χ0v) is 18.8. The monoisotopic (exact) mass is 442 g/mol. The van der Waals surface area contributed by atoms with E-state index in [0.717, 1.165) is 61.3 Å². The number of nitrogens with one attached hydrogen (secondary N) is 3. The number of nitriles is 1. The van der Waals surface area contributed by atoms with Gasteiger partial charge >= 0.3 is 0 Å². The van der Waals surface area contributed by atoms with Crippen molar-refractivity contribution in [1.82, 2.24) is 20.3 Å². The van der Waals surface area contributed by atoms with Crippen molar-refractivity contribution in [1.29, 1.82) is 5.26 Å². The van der Waals surface area contributed by atoms with Crippen LogP contribution in [0.25, 0.3) is 11.0 Å². The first-order valence-electron chi connectivity index (χ1n) is 11.9. The summed E-state index contributed by atoms with van der Waals surface area (Å²) in [6, 6.07) is 10.8. The Bertz CT molecular complexity index is 1150. The molecular formula is C25H30N8. The van der Waals surface area contributed by atoms with Crippen molar-refractivity contribution in [3.05, 3.63) is 48.4 Å². The molecule has 1 saturated heterocycles. The van der Waals surface area contributed by atoms with Crippen LogP contribution in [0.3, 0.4) is 0 Å². The molecule has 33 heavy (non-hydrogen) atoms. The van der Waals surface area contributed by atoms with Gasteiger partial charge in [0.15, 0.2) is 6.19 Å². The molecule has 2 aliphatic rings. The molecule has 1 atom stereocenters. The number of aromatic amines is 1. The maximum absolute atomic E-state index is 9.20. The third-order valence-electron chi connectivity index (χ3n) is 6.74. The second kappa shape index (κ2) is 9.90. The van der Waals surface area contributed by atoms with E-state index < -0.39 is 0 Å². The van der Waals surface area contributed by atoms with Crippen molar-refractivity contribution >= 4 is 28.5 Å². The number of hydrogen-bond acceptors (Lipinski definition) is 5. The number of hydrogen-bond donors (Lipinski definition) is 3. The zero-order chi connectivity index (χ0) is 22.5. The van der Waals surface area contributed by atoms with E-state index in [2.05, 4.69) is 48.7 Å². The van der Waals surface area contributed by atoms with Crippen LogP contribution in [-0.4, -0.2) is 40.0 Å². The Kier molecular flexibility index (Phi) is 6.38. The van der Waals surface area contributed by atoms with Gasteiger partial charge in [0, 0.05) is 30.9 Å². The van der Waals surface area contributed by atoms with E-state index in [1.165, 1.54) is 24.8 Å². The van der Waals surface area contributed by atoms with Gasteiger partial charge in [-0.1, -0.05) is 31.4 Å². The average molecular weight is 443 g/mol. The molecule has 8 heteroatoms. The van der Waals surface area contributed by atoms with Crippen molar-refractivity contribution in [2.45, 2.75) is 56.9 Å². The number of rotatable bonds is 4. The van der Waals surface area contributed by atoms with Gasteiger partial charge in [-0.3, -0.25) is 5.32 Å². The summed E-state index contributed by atoms with van der Waals surface area (Å²) in [7, 11) is 0. The molecule has 0 radical (unpaired) electrons. The number of nitrogens with zero attached hydrogens (tertiary/aromatic N) is 5. The highest BCUT2D eigenvalue weighted by Crippen LogP contribution is 2.32. The van der Waals surface area contributed by atoms with Crippen LogP contribution in [0.2, 0.25) is 0 Å². The molecule has 0 spiro atoms. The molecule has 5 rings (SSSR count). The normalized spacial score (nSPS) is 19.9. The minimum atomic E-state index is 0.287. The minimum Gasteiger partial charge on any atom is -0.355 e. The number of H-pyrrole nitrogens is 1. The smallest absolute Gasteiger partial charge is 0.209 e.